The highest BCUT2D eigenvalue weighted by molar-refractivity contribution is 5.77. The minimum Gasteiger partial charge on any atom is -0.355 e. The van der Waals surface area contributed by atoms with Gasteiger partial charge in [-0.15, -0.1) is 0 Å². The van der Waals surface area contributed by atoms with Crippen molar-refractivity contribution < 1.29 is 0 Å². The minimum atomic E-state index is 0.0145. The van der Waals surface area contributed by atoms with Crippen molar-refractivity contribution in [3.8, 4) is 6.19 Å². The summed E-state index contributed by atoms with van der Waals surface area (Å²) in [5, 5.41) is 20.3. The summed E-state index contributed by atoms with van der Waals surface area (Å²) in [6, 6.07) is 0. The van der Waals surface area contributed by atoms with Gasteiger partial charge in [-0.2, -0.15) is 5.26 Å². The molecule has 0 aliphatic carbocycles. The SMILES string of the molecule is Cc1[nH]cnc1CCNC(=N)NC#N. The lowest BCUT2D eigenvalue weighted by atomic mass is 10.2. The molecule has 1 aromatic rings. The van der Waals surface area contributed by atoms with Crippen molar-refractivity contribution in [3.63, 3.8) is 0 Å². The molecule has 0 radical (unpaired) electrons. The van der Waals surface area contributed by atoms with Gasteiger partial charge < -0.3 is 10.3 Å². The lowest BCUT2D eigenvalue weighted by Gasteiger charge is -2.03. The molecule has 1 heterocycles. The molecule has 74 valence electrons. The maximum Gasteiger partial charge on any atom is 0.201 e. The maximum atomic E-state index is 8.20. The number of nitrogens with zero attached hydrogens (tertiary/aromatic N) is 2. The molecule has 0 unspecified atom stereocenters. The zero-order valence-corrected chi connectivity index (χ0v) is 7.89. The fourth-order valence-electron chi connectivity index (χ4n) is 1.05. The van der Waals surface area contributed by atoms with Crippen molar-refractivity contribution in [1.29, 1.82) is 10.7 Å². The van der Waals surface area contributed by atoms with Crippen LogP contribution in [0.1, 0.15) is 11.4 Å². The number of hydrogen-bond acceptors (Lipinski definition) is 3. The molecule has 6 nitrogen and oxygen atoms in total. The average Bonchev–Trinajstić information content (AvgIpc) is 2.52. The molecule has 0 aliphatic heterocycles. The van der Waals surface area contributed by atoms with Gasteiger partial charge in [-0.05, 0) is 6.92 Å². The van der Waals surface area contributed by atoms with Crippen LogP contribution >= 0.6 is 0 Å². The minimum absolute atomic E-state index is 0.0145. The molecule has 0 saturated carbocycles. The second-order valence-electron chi connectivity index (χ2n) is 2.76. The molecule has 1 aromatic heterocycles. The quantitative estimate of drug-likeness (QED) is 0.232. The third-order valence-corrected chi connectivity index (χ3v) is 1.78. The summed E-state index contributed by atoms with van der Waals surface area (Å²) < 4.78 is 0. The first-order valence-electron chi connectivity index (χ1n) is 4.20. The highest BCUT2D eigenvalue weighted by Gasteiger charge is 2.00. The molecule has 0 spiro atoms. The predicted molar refractivity (Wildman–Crippen MR) is 51.5 cm³/mol. The van der Waals surface area contributed by atoms with Crippen molar-refractivity contribution >= 4 is 5.96 Å². The Hall–Kier alpha value is -2.03. The third-order valence-electron chi connectivity index (χ3n) is 1.78. The van der Waals surface area contributed by atoms with E-state index in [2.05, 4.69) is 20.6 Å². The molecular formula is C8H12N6. The van der Waals surface area contributed by atoms with E-state index in [-0.39, 0.29) is 5.96 Å². The van der Waals surface area contributed by atoms with Gasteiger partial charge >= 0.3 is 0 Å². The summed E-state index contributed by atoms with van der Waals surface area (Å²) in [6.45, 7) is 2.53. The summed E-state index contributed by atoms with van der Waals surface area (Å²) in [5.74, 6) is 0.0145. The summed E-state index contributed by atoms with van der Waals surface area (Å²) in [4.78, 5) is 7.08. The molecule has 1 rings (SSSR count). The van der Waals surface area contributed by atoms with Crippen molar-refractivity contribution in [2.45, 2.75) is 13.3 Å². The Kier molecular flexibility index (Phi) is 3.49. The lowest BCUT2D eigenvalue weighted by Crippen LogP contribution is -2.34. The monoisotopic (exact) mass is 192 g/mol. The number of nitrogens with one attached hydrogen (secondary N) is 4. The number of aromatic amines is 1. The fourth-order valence-corrected chi connectivity index (χ4v) is 1.05. The first kappa shape index (κ1) is 10.1. The standard InChI is InChI=1S/C8H12N6/c1-6-7(14-5-13-6)2-3-11-8(10)12-4-9/h5H,2-3H2,1H3,(H,13,14)(H3,10,11,12). The van der Waals surface area contributed by atoms with Gasteiger partial charge in [0.05, 0.1) is 12.0 Å². The van der Waals surface area contributed by atoms with Crippen LogP contribution in [0, 0.1) is 23.8 Å². The van der Waals surface area contributed by atoms with E-state index in [0.717, 1.165) is 17.8 Å². The fraction of sp³-hybridized carbons (Fsp3) is 0.375. The summed E-state index contributed by atoms with van der Waals surface area (Å²) in [6.07, 6.45) is 4.03. The Balaban J connectivity index is 2.26. The van der Waals surface area contributed by atoms with E-state index in [1.54, 1.807) is 12.5 Å². The van der Waals surface area contributed by atoms with E-state index in [0.29, 0.717) is 6.54 Å². The number of H-pyrrole nitrogens is 1. The molecule has 0 atom stereocenters. The van der Waals surface area contributed by atoms with Crippen LogP contribution in [0.4, 0.5) is 0 Å². The Bertz CT molecular complexity index is 347. The molecule has 6 heteroatoms. The highest BCUT2D eigenvalue weighted by atomic mass is 15.1. The molecule has 0 fully saturated rings. The number of guanidine groups is 1. The summed E-state index contributed by atoms with van der Waals surface area (Å²) >= 11 is 0. The Morgan fingerprint density at radius 3 is 3.14 bits per heavy atom. The lowest BCUT2D eigenvalue weighted by molar-refractivity contribution is 0.820. The highest BCUT2D eigenvalue weighted by Crippen LogP contribution is 1.99. The zero-order valence-electron chi connectivity index (χ0n) is 7.89. The zero-order chi connectivity index (χ0) is 10.4. The molecule has 0 aromatic carbocycles. The predicted octanol–water partition coefficient (Wildman–Crippen LogP) is -0.144. The van der Waals surface area contributed by atoms with E-state index in [1.165, 1.54) is 0 Å². The third kappa shape index (κ3) is 2.79. The van der Waals surface area contributed by atoms with E-state index in [9.17, 15) is 0 Å². The van der Waals surface area contributed by atoms with Crippen LogP contribution in [0.15, 0.2) is 6.33 Å². The van der Waals surface area contributed by atoms with E-state index in [1.807, 2.05) is 6.92 Å². The molecule has 14 heavy (non-hydrogen) atoms. The molecule has 0 saturated heterocycles. The van der Waals surface area contributed by atoms with E-state index < -0.39 is 0 Å². The van der Waals surface area contributed by atoms with Gasteiger partial charge in [0.2, 0.25) is 5.96 Å². The number of imidazole rings is 1. The van der Waals surface area contributed by atoms with Gasteiger partial charge in [-0.1, -0.05) is 0 Å². The number of rotatable bonds is 3. The van der Waals surface area contributed by atoms with Crippen LogP contribution in [0.3, 0.4) is 0 Å². The molecular weight excluding hydrogens is 180 g/mol. The normalized spacial score (nSPS) is 9.14. The van der Waals surface area contributed by atoms with E-state index in [4.69, 9.17) is 10.7 Å². The average molecular weight is 192 g/mol. The largest absolute Gasteiger partial charge is 0.355 e. The van der Waals surface area contributed by atoms with Crippen LogP contribution in [-0.2, 0) is 6.42 Å². The van der Waals surface area contributed by atoms with Gasteiger partial charge in [0.15, 0.2) is 6.19 Å². The first-order chi connectivity index (χ1) is 6.74. The van der Waals surface area contributed by atoms with Gasteiger partial charge in [-0.3, -0.25) is 10.7 Å². The molecule has 0 aliphatic rings. The Morgan fingerprint density at radius 2 is 2.57 bits per heavy atom. The van der Waals surface area contributed by atoms with E-state index >= 15 is 0 Å². The van der Waals surface area contributed by atoms with Crippen molar-refractivity contribution in [2.24, 2.45) is 0 Å². The summed E-state index contributed by atoms with van der Waals surface area (Å²) in [7, 11) is 0. The number of aromatic nitrogens is 2. The smallest absolute Gasteiger partial charge is 0.201 e. The van der Waals surface area contributed by atoms with Crippen LogP contribution < -0.4 is 10.6 Å². The molecule has 4 N–H and O–H groups in total. The first-order valence-corrected chi connectivity index (χ1v) is 4.20. The van der Waals surface area contributed by atoms with Crippen LogP contribution in [0.25, 0.3) is 0 Å². The van der Waals surface area contributed by atoms with Crippen LogP contribution in [-0.4, -0.2) is 22.5 Å². The topological polar surface area (TPSA) is 100 Å². The number of aryl methyl sites for hydroxylation is 1. The summed E-state index contributed by atoms with van der Waals surface area (Å²) in [5.41, 5.74) is 2.01. The molecule has 0 amide bonds. The van der Waals surface area contributed by atoms with Gasteiger partial charge in [0, 0.05) is 18.7 Å². The Morgan fingerprint density at radius 1 is 1.79 bits per heavy atom. The number of nitriles is 1. The second kappa shape index (κ2) is 4.87. The van der Waals surface area contributed by atoms with Gasteiger partial charge in [0.1, 0.15) is 0 Å². The van der Waals surface area contributed by atoms with Crippen LogP contribution in [0.2, 0.25) is 0 Å². The van der Waals surface area contributed by atoms with Crippen molar-refractivity contribution in [1.82, 2.24) is 20.6 Å². The maximum absolute atomic E-state index is 8.20. The van der Waals surface area contributed by atoms with Gasteiger partial charge in [0.25, 0.3) is 0 Å². The molecule has 0 bridgehead atoms. The van der Waals surface area contributed by atoms with Gasteiger partial charge in [-0.25, -0.2) is 4.98 Å². The number of hydrogen-bond donors (Lipinski definition) is 4. The van der Waals surface area contributed by atoms with Crippen molar-refractivity contribution in [3.05, 3.63) is 17.7 Å². The Labute approximate surface area is 81.9 Å². The van der Waals surface area contributed by atoms with Crippen molar-refractivity contribution in [2.75, 3.05) is 6.54 Å². The second-order valence-corrected chi connectivity index (χ2v) is 2.76. The van der Waals surface area contributed by atoms with Crippen LogP contribution in [0.5, 0.6) is 0 Å².